The van der Waals surface area contributed by atoms with Crippen LogP contribution in [0.3, 0.4) is 0 Å². The van der Waals surface area contributed by atoms with Crippen LogP contribution in [0.5, 0.6) is 0 Å². The topological polar surface area (TPSA) is 644 Å². The summed E-state index contributed by atoms with van der Waals surface area (Å²) in [5.41, 5.74) is 42.2. The molecule has 3 saturated carbocycles. The normalized spacial score (nSPS) is 21.5. The molecule has 38 nitrogen and oxygen atoms in total. The maximum atomic E-state index is 10.8. The molecular formula is C64H148N24O14S. The van der Waals surface area contributed by atoms with Crippen molar-refractivity contribution in [3.05, 3.63) is 0 Å². The molecule has 4 saturated heterocycles. The third kappa shape index (κ3) is 71.0. The predicted octanol–water partition coefficient (Wildman–Crippen LogP) is -9.06. The van der Waals surface area contributed by atoms with E-state index in [1.54, 1.807) is 0 Å². The molecule has 4 heterocycles. The zero-order valence-corrected chi connectivity index (χ0v) is 63.2. The van der Waals surface area contributed by atoms with E-state index in [1.807, 2.05) is 7.05 Å². The van der Waals surface area contributed by atoms with Gasteiger partial charge in [-0.25, -0.2) is 0 Å². The third-order valence-corrected chi connectivity index (χ3v) is 17.4. The van der Waals surface area contributed by atoms with Crippen molar-refractivity contribution in [3.63, 3.8) is 0 Å². The maximum absolute atomic E-state index is 10.8. The van der Waals surface area contributed by atoms with E-state index in [0.29, 0.717) is 135 Å². The summed E-state index contributed by atoms with van der Waals surface area (Å²) in [6, 6.07) is 3.75. The van der Waals surface area contributed by atoms with Crippen LogP contribution in [-0.2, 0) is 34.1 Å². The van der Waals surface area contributed by atoms with Gasteiger partial charge in [-0.15, -0.1) is 0 Å². The van der Waals surface area contributed by atoms with Gasteiger partial charge in [-0.2, -0.15) is 8.42 Å². The number of carboxylic acids is 5. The van der Waals surface area contributed by atoms with Gasteiger partial charge in [-0.1, -0.05) is 12.8 Å². The van der Waals surface area contributed by atoms with Gasteiger partial charge in [0.25, 0.3) is 10.1 Å². The second-order valence-corrected chi connectivity index (χ2v) is 27.0. The Balaban J connectivity index is -0.00000109. The molecule has 7 aliphatic rings. The van der Waals surface area contributed by atoms with E-state index in [4.69, 9.17) is 81.1 Å². The number of hydrogen-bond donors (Lipinski definition) is 29. The Morgan fingerprint density at radius 3 is 1.10 bits per heavy atom. The van der Waals surface area contributed by atoms with E-state index in [9.17, 15) is 32.4 Å². The molecule has 0 aromatic heterocycles. The highest BCUT2D eigenvalue weighted by molar-refractivity contribution is 7.85. The van der Waals surface area contributed by atoms with Crippen LogP contribution >= 0.6 is 0 Å². The van der Waals surface area contributed by atoms with Gasteiger partial charge in [-0.3, -0.25) is 33.4 Å². The first-order chi connectivity index (χ1) is 49.5. The molecule has 0 amide bonds. The van der Waals surface area contributed by atoms with Crippen LogP contribution in [0, 0.1) is 11.8 Å². The van der Waals surface area contributed by atoms with Gasteiger partial charge in [0, 0.05) is 252 Å². The summed E-state index contributed by atoms with van der Waals surface area (Å²) >= 11 is 0. The van der Waals surface area contributed by atoms with Crippen LogP contribution in [0.4, 0.5) is 0 Å². The summed E-state index contributed by atoms with van der Waals surface area (Å²) in [4.78, 5) is 55.2. The highest BCUT2D eigenvalue weighted by Gasteiger charge is 2.35. The first kappa shape index (κ1) is 103. The number of nitrogens with zero attached hydrogens (tertiary/aromatic N) is 2. The molecule has 0 aromatic rings. The molecule has 7 rings (SSSR count). The molecule has 614 valence electrons. The lowest BCUT2D eigenvalue weighted by Crippen LogP contribution is -2.58. The van der Waals surface area contributed by atoms with Crippen molar-refractivity contribution in [3.8, 4) is 0 Å². The summed E-state index contributed by atoms with van der Waals surface area (Å²) in [5, 5.41) is 95.2. The number of carbonyl (C=O) groups is 5. The highest BCUT2D eigenvalue weighted by Crippen LogP contribution is 2.27. The Morgan fingerprint density at radius 2 is 0.757 bits per heavy atom. The number of piperazine rings is 4. The van der Waals surface area contributed by atoms with Crippen molar-refractivity contribution in [2.24, 2.45) is 57.7 Å². The fraction of sp³-hybridized carbons (Fsp3) is 0.922. The number of aliphatic carboxylic acids is 5. The van der Waals surface area contributed by atoms with E-state index >= 15 is 0 Å². The Labute approximate surface area is 615 Å². The molecule has 37 N–H and O–H groups in total. The standard InChI is InChI=1S/C9H16N2O2.C9H18N2O.C8H16N2O4.C8H16N2.C6H18N4.C6H12N2O4.C5H15N3.C5H14N2O3S.C4H13N3.C4H10N2/c12-9(13)6-1-2-7-8(5-6)11-4-3-10-7;12-6-7-1-2-8-9(5-7)11-4-3-10-8;11-7(12)1-3-9-5-6-10-4-2-8(13)14;1-2-4-8-7(3-1)9-5-6-10-8;7-1-4-10(5-2-8)6-3-9;9-5(10)3-7-1-2-8-4-6(11)12;1-8(4-2-6)5-3-7;6-2-4-7-3-1-5-11(8,9)10;5-1-3-7-4-2-6;1-2-6-4-3-5-1/h6-8,10-11H,1-5H2,(H,12,13);7-12H,1-6H2;9-10H,1-6H2,(H,11,12)(H,13,14);7-10H,1-6H2;1-9H2;7-8H,1-4H2,(H,9,10)(H,11,12);2-7H2,1H3;7H,1-6H2,(H,8,9,10);7H,1-6H2;5-6H,1-4H2. The molecular weight excluding hydrogens is 1360 g/mol. The number of hydrogen-bond acceptors (Lipinski definition) is 32. The third-order valence-electron chi connectivity index (χ3n) is 16.6. The molecule has 103 heavy (non-hydrogen) atoms. The van der Waals surface area contributed by atoms with Crippen LogP contribution in [0.25, 0.3) is 0 Å². The lowest BCUT2D eigenvalue weighted by Gasteiger charge is -2.40. The van der Waals surface area contributed by atoms with Crippen LogP contribution in [0.1, 0.15) is 83.5 Å². The van der Waals surface area contributed by atoms with E-state index in [1.165, 1.54) is 51.6 Å². The predicted molar refractivity (Wildman–Crippen MR) is 409 cm³/mol. The second-order valence-electron chi connectivity index (χ2n) is 25.4. The summed E-state index contributed by atoms with van der Waals surface area (Å²) in [5.74, 6) is -3.91. The van der Waals surface area contributed by atoms with Crippen molar-refractivity contribution in [1.29, 1.82) is 0 Å². The number of nitrogens with two attached hydrogens (primary N) is 8. The zero-order valence-electron chi connectivity index (χ0n) is 62.4. The number of fused-ring (bicyclic) bond motifs is 3. The van der Waals surface area contributed by atoms with Gasteiger partial charge < -0.3 is 156 Å². The highest BCUT2D eigenvalue weighted by atomic mass is 32.2. The molecule has 39 heteroatoms. The van der Waals surface area contributed by atoms with Crippen molar-refractivity contribution >= 4 is 40.0 Å². The lowest BCUT2D eigenvalue weighted by atomic mass is 9.81. The van der Waals surface area contributed by atoms with Crippen molar-refractivity contribution in [2.75, 3.05) is 248 Å². The molecule has 0 bridgehead atoms. The zero-order chi connectivity index (χ0) is 77.4. The smallest absolute Gasteiger partial charge is 0.317 e. The summed E-state index contributed by atoms with van der Waals surface area (Å²) in [6.45, 7) is 27.2. The Hall–Kier alpha value is -3.74. The quantitative estimate of drug-likeness (QED) is 0.0202. The minimum absolute atomic E-state index is 0.102. The molecule has 0 spiro atoms. The van der Waals surface area contributed by atoms with Gasteiger partial charge in [0.1, 0.15) is 0 Å². The van der Waals surface area contributed by atoms with Gasteiger partial charge in [0.15, 0.2) is 0 Å². The second kappa shape index (κ2) is 75.1. The van der Waals surface area contributed by atoms with Crippen LogP contribution in [0.15, 0.2) is 0 Å². The number of nitrogens with one attached hydrogen (secondary N) is 14. The SMILES string of the molecule is C1CCC2NCCNC2C1.C1CNCCN1.CN(CCN)CCN.NCCN(CCN)CCN.NCCNCCCS(=O)(=O)O.NCCNCCN.O=C(O)C1CCC2NCCNC2C1.O=C(O)CCNCCNCCC(=O)O.O=C(O)CNCCNCC(=O)O.OCC1CCC2NCCNC2C1. The van der Waals surface area contributed by atoms with Crippen LogP contribution in [-0.4, -0.2) is 368 Å². The Morgan fingerprint density at radius 1 is 0.408 bits per heavy atom. The largest absolute Gasteiger partial charge is 0.481 e. The number of aliphatic hydroxyl groups excluding tert-OH is 1. The number of carboxylic acid groups (broad SMARTS) is 5. The minimum Gasteiger partial charge on any atom is -0.481 e. The molecule has 3 aliphatic carbocycles. The average molecular weight is 1510 g/mol. The summed E-state index contributed by atoms with van der Waals surface area (Å²) in [7, 11) is -1.77. The molecule has 7 fully saturated rings. The van der Waals surface area contributed by atoms with Crippen molar-refractivity contribution < 1.29 is 67.6 Å². The van der Waals surface area contributed by atoms with Gasteiger partial charge >= 0.3 is 29.8 Å². The molecule has 0 radical (unpaired) electrons. The van der Waals surface area contributed by atoms with E-state index in [0.717, 1.165) is 149 Å². The van der Waals surface area contributed by atoms with Crippen LogP contribution < -0.4 is 120 Å². The fourth-order valence-electron chi connectivity index (χ4n) is 11.3. The Bertz CT molecular complexity index is 1970. The van der Waals surface area contributed by atoms with E-state index in [2.05, 4.69) is 84.2 Å². The first-order valence-corrected chi connectivity index (χ1v) is 38.9. The van der Waals surface area contributed by atoms with Crippen molar-refractivity contribution in [1.82, 2.24) is 84.2 Å². The molecule has 8 atom stereocenters. The lowest BCUT2D eigenvalue weighted by molar-refractivity contribution is -0.143. The maximum Gasteiger partial charge on any atom is 0.317 e. The monoisotopic (exact) mass is 1510 g/mol. The Kier molecular flexibility index (Phi) is 75.4. The minimum atomic E-state index is -3.78. The average Bonchev–Trinajstić information content (AvgIpc) is 0.854. The van der Waals surface area contributed by atoms with Crippen molar-refractivity contribution in [2.45, 2.75) is 120 Å². The molecule has 4 aliphatic heterocycles. The van der Waals surface area contributed by atoms with Gasteiger partial charge in [0.2, 0.25) is 0 Å². The fourth-order valence-corrected chi connectivity index (χ4v) is 11.8. The molecule has 8 unspecified atom stereocenters. The van der Waals surface area contributed by atoms with Gasteiger partial charge in [0.05, 0.1) is 37.6 Å². The molecule has 0 aromatic carbocycles. The summed E-state index contributed by atoms with van der Waals surface area (Å²) in [6.07, 6.45) is 12.4. The number of likely N-dealkylation sites (N-methyl/N-ethyl adjacent to an activating group) is 1. The van der Waals surface area contributed by atoms with Gasteiger partial charge in [-0.05, 0) is 77.3 Å². The van der Waals surface area contributed by atoms with Crippen LogP contribution in [0.2, 0.25) is 0 Å². The first-order valence-electron chi connectivity index (χ1n) is 37.3. The van der Waals surface area contributed by atoms with E-state index in [-0.39, 0.29) is 37.6 Å². The number of rotatable bonds is 38. The van der Waals surface area contributed by atoms with E-state index < -0.39 is 40.0 Å². The number of aliphatic hydroxyl groups is 1. The summed E-state index contributed by atoms with van der Waals surface area (Å²) < 4.78 is 28.6.